The minimum absolute atomic E-state index is 0.0133. The lowest BCUT2D eigenvalue weighted by molar-refractivity contribution is 0.0735. The highest BCUT2D eigenvalue weighted by molar-refractivity contribution is 5.92. The fraction of sp³-hybridized carbons (Fsp3) is 0.467. The first-order valence-corrected chi connectivity index (χ1v) is 7.50. The molecule has 0 saturated carbocycles. The second kappa shape index (κ2) is 6.23. The van der Waals surface area contributed by atoms with Crippen LogP contribution in [0.4, 0.5) is 5.95 Å². The number of hydrogen-bond donors (Lipinski definition) is 0. The number of anilines is 1. The van der Waals surface area contributed by atoms with E-state index in [1.54, 1.807) is 31.1 Å². The van der Waals surface area contributed by atoms with Crippen molar-refractivity contribution in [2.75, 3.05) is 38.2 Å². The van der Waals surface area contributed by atoms with Crippen LogP contribution in [0.1, 0.15) is 16.2 Å². The molecule has 2 aromatic heterocycles. The summed E-state index contributed by atoms with van der Waals surface area (Å²) in [7, 11) is 3.37. The van der Waals surface area contributed by atoms with Crippen LogP contribution in [0.15, 0.2) is 18.3 Å². The lowest BCUT2D eigenvalue weighted by Gasteiger charge is -2.34. The van der Waals surface area contributed by atoms with Crippen molar-refractivity contribution in [3.05, 3.63) is 29.7 Å². The van der Waals surface area contributed by atoms with Gasteiger partial charge in [-0.2, -0.15) is 10.1 Å². The van der Waals surface area contributed by atoms with E-state index < -0.39 is 0 Å². The maximum Gasteiger partial charge on any atom is 0.272 e. The van der Waals surface area contributed by atoms with Gasteiger partial charge in [0.2, 0.25) is 11.8 Å². The Labute approximate surface area is 134 Å². The number of carbonyl (C=O) groups excluding carboxylic acids is 1. The first-order chi connectivity index (χ1) is 11.1. The zero-order valence-corrected chi connectivity index (χ0v) is 13.6. The normalized spacial score (nSPS) is 14.9. The van der Waals surface area contributed by atoms with Crippen LogP contribution in [0.25, 0.3) is 0 Å². The topological polar surface area (TPSA) is 76.4 Å². The van der Waals surface area contributed by atoms with E-state index in [4.69, 9.17) is 4.74 Å². The largest absolute Gasteiger partial charge is 0.481 e. The van der Waals surface area contributed by atoms with Gasteiger partial charge in [-0.05, 0) is 13.0 Å². The number of methoxy groups -OCH3 is 1. The Kier molecular flexibility index (Phi) is 4.14. The van der Waals surface area contributed by atoms with Gasteiger partial charge in [0, 0.05) is 45.5 Å². The molecule has 23 heavy (non-hydrogen) atoms. The van der Waals surface area contributed by atoms with Gasteiger partial charge in [0.05, 0.1) is 12.8 Å². The third-order valence-corrected chi connectivity index (χ3v) is 3.90. The number of nitrogens with zero attached hydrogens (tertiary/aromatic N) is 6. The summed E-state index contributed by atoms with van der Waals surface area (Å²) in [5, 5.41) is 4.23. The molecule has 0 spiro atoms. The van der Waals surface area contributed by atoms with Crippen molar-refractivity contribution >= 4 is 11.9 Å². The van der Waals surface area contributed by atoms with Crippen LogP contribution in [-0.4, -0.2) is 63.8 Å². The van der Waals surface area contributed by atoms with E-state index >= 15 is 0 Å². The number of rotatable bonds is 3. The molecule has 1 saturated heterocycles. The molecular formula is C15H20N6O2. The molecule has 0 aromatic carbocycles. The number of aromatic nitrogens is 4. The smallest absolute Gasteiger partial charge is 0.272 e. The number of hydrogen-bond acceptors (Lipinski definition) is 6. The molecular weight excluding hydrogens is 296 g/mol. The Morgan fingerprint density at radius 2 is 2.00 bits per heavy atom. The molecule has 2 aromatic rings. The average molecular weight is 316 g/mol. The number of carbonyl (C=O) groups is 1. The predicted molar refractivity (Wildman–Crippen MR) is 84.6 cm³/mol. The number of aryl methyl sites for hydroxylation is 2. The summed E-state index contributed by atoms with van der Waals surface area (Å²) in [4.78, 5) is 25.1. The van der Waals surface area contributed by atoms with Crippen molar-refractivity contribution in [1.82, 2.24) is 24.6 Å². The maximum absolute atomic E-state index is 12.6. The van der Waals surface area contributed by atoms with Crippen molar-refractivity contribution in [2.45, 2.75) is 6.92 Å². The molecule has 3 heterocycles. The molecule has 0 radical (unpaired) electrons. The lowest BCUT2D eigenvalue weighted by Crippen LogP contribution is -2.49. The average Bonchev–Trinajstić information content (AvgIpc) is 2.93. The molecule has 1 aliphatic heterocycles. The van der Waals surface area contributed by atoms with Gasteiger partial charge in [-0.1, -0.05) is 0 Å². The Morgan fingerprint density at radius 3 is 2.61 bits per heavy atom. The predicted octanol–water partition coefficient (Wildman–Crippen LogP) is 0.490. The van der Waals surface area contributed by atoms with Crippen molar-refractivity contribution in [3.63, 3.8) is 0 Å². The van der Waals surface area contributed by atoms with Crippen LogP contribution in [0, 0.1) is 6.92 Å². The van der Waals surface area contributed by atoms with Crippen LogP contribution in [-0.2, 0) is 7.05 Å². The van der Waals surface area contributed by atoms with Crippen LogP contribution in [0.2, 0.25) is 0 Å². The highest BCUT2D eigenvalue weighted by Gasteiger charge is 2.25. The highest BCUT2D eigenvalue weighted by Crippen LogP contribution is 2.16. The quantitative estimate of drug-likeness (QED) is 0.820. The second-order valence-corrected chi connectivity index (χ2v) is 5.47. The standard InChI is InChI=1S/C15H20N6O2/c1-11-10-12(19(2)18-11)14(22)20-6-8-21(9-7-20)15-16-5-4-13(17-15)23-3/h4-5,10H,6-9H2,1-3H3. The van der Waals surface area contributed by atoms with Crippen LogP contribution in [0.3, 0.4) is 0 Å². The fourth-order valence-corrected chi connectivity index (χ4v) is 2.68. The van der Waals surface area contributed by atoms with Gasteiger partial charge in [-0.3, -0.25) is 9.48 Å². The third-order valence-electron chi connectivity index (χ3n) is 3.90. The van der Waals surface area contributed by atoms with Gasteiger partial charge in [-0.15, -0.1) is 0 Å². The van der Waals surface area contributed by atoms with E-state index in [-0.39, 0.29) is 5.91 Å². The van der Waals surface area contributed by atoms with E-state index in [2.05, 4.69) is 20.0 Å². The minimum atomic E-state index is 0.0133. The van der Waals surface area contributed by atoms with Gasteiger partial charge < -0.3 is 14.5 Å². The molecule has 0 atom stereocenters. The first kappa shape index (κ1) is 15.3. The molecule has 1 amide bonds. The minimum Gasteiger partial charge on any atom is -0.481 e. The molecule has 0 aliphatic carbocycles. The molecule has 8 nitrogen and oxygen atoms in total. The summed E-state index contributed by atoms with van der Waals surface area (Å²) in [5.41, 5.74) is 1.47. The molecule has 8 heteroatoms. The summed E-state index contributed by atoms with van der Waals surface area (Å²) in [5.74, 6) is 1.19. The zero-order chi connectivity index (χ0) is 16.4. The summed E-state index contributed by atoms with van der Waals surface area (Å²) in [6.45, 7) is 4.52. The van der Waals surface area contributed by atoms with Crippen molar-refractivity contribution in [1.29, 1.82) is 0 Å². The van der Waals surface area contributed by atoms with Gasteiger partial charge in [-0.25, -0.2) is 4.98 Å². The summed E-state index contributed by atoms with van der Waals surface area (Å²) in [6, 6.07) is 3.54. The van der Waals surface area contributed by atoms with Gasteiger partial charge in [0.25, 0.3) is 5.91 Å². The number of piperazine rings is 1. The van der Waals surface area contributed by atoms with Gasteiger partial charge in [0.15, 0.2) is 0 Å². The van der Waals surface area contributed by atoms with Crippen molar-refractivity contribution in [2.24, 2.45) is 7.05 Å². The Balaban J connectivity index is 1.66. The summed E-state index contributed by atoms with van der Waals surface area (Å²) < 4.78 is 6.76. The first-order valence-electron chi connectivity index (χ1n) is 7.50. The highest BCUT2D eigenvalue weighted by atomic mass is 16.5. The van der Waals surface area contributed by atoms with E-state index in [1.807, 2.05) is 17.9 Å². The summed E-state index contributed by atoms with van der Waals surface area (Å²) >= 11 is 0. The van der Waals surface area contributed by atoms with Gasteiger partial charge >= 0.3 is 0 Å². The van der Waals surface area contributed by atoms with E-state index in [1.165, 1.54) is 0 Å². The van der Waals surface area contributed by atoms with E-state index in [0.29, 0.717) is 43.7 Å². The monoisotopic (exact) mass is 316 g/mol. The molecule has 1 fully saturated rings. The van der Waals surface area contributed by atoms with Crippen LogP contribution < -0.4 is 9.64 Å². The van der Waals surface area contributed by atoms with Crippen LogP contribution >= 0.6 is 0 Å². The molecule has 1 aliphatic rings. The lowest BCUT2D eigenvalue weighted by atomic mass is 10.2. The zero-order valence-electron chi connectivity index (χ0n) is 13.6. The van der Waals surface area contributed by atoms with E-state index in [0.717, 1.165) is 5.69 Å². The maximum atomic E-state index is 12.6. The Bertz CT molecular complexity index is 706. The molecule has 3 rings (SSSR count). The molecule has 0 bridgehead atoms. The SMILES string of the molecule is COc1ccnc(N2CCN(C(=O)c3cc(C)nn3C)CC2)n1. The van der Waals surface area contributed by atoms with Crippen molar-refractivity contribution in [3.8, 4) is 5.88 Å². The number of amides is 1. The second-order valence-electron chi connectivity index (χ2n) is 5.47. The van der Waals surface area contributed by atoms with Gasteiger partial charge in [0.1, 0.15) is 5.69 Å². The molecule has 0 N–H and O–H groups in total. The number of ether oxygens (including phenoxy) is 1. The van der Waals surface area contributed by atoms with Crippen LogP contribution in [0.5, 0.6) is 5.88 Å². The third kappa shape index (κ3) is 3.10. The molecule has 0 unspecified atom stereocenters. The fourth-order valence-electron chi connectivity index (χ4n) is 2.68. The molecule has 122 valence electrons. The van der Waals surface area contributed by atoms with E-state index in [9.17, 15) is 4.79 Å². The van der Waals surface area contributed by atoms with Crippen molar-refractivity contribution < 1.29 is 9.53 Å². The Hall–Kier alpha value is -2.64. The summed E-state index contributed by atoms with van der Waals surface area (Å²) in [6.07, 6.45) is 1.68. The Morgan fingerprint density at radius 1 is 1.26 bits per heavy atom.